The van der Waals surface area contributed by atoms with E-state index in [-0.39, 0.29) is 23.9 Å². The van der Waals surface area contributed by atoms with Crippen molar-refractivity contribution in [1.29, 1.82) is 0 Å². The predicted octanol–water partition coefficient (Wildman–Crippen LogP) is 0.499. The second kappa shape index (κ2) is 7.77. The van der Waals surface area contributed by atoms with Crippen LogP contribution in [0.2, 0.25) is 0 Å². The lowest BCUT2D eigenvalue weighted by Gasteiger charge is -2.41. The van der Waals surface area contributed by atoms with Crippen LogP contribution < -0.4 is 11.1 Å². The fraction of sp³-hybridized carbons (Fsp3) is 0.556. The predicted molar refractivity (Wildman–Crippen MR) is 92.2 cm³/mol. The summed E-state index contributed by atoms with van der Waals surface area (Å²) >= 11 is 0. The smallest absolute Gasteiger partial charge is 0.236 e. The molecule has 2 atom stereocenters. The lowest BCUT2D eigenvalue weighted by Crippen LogP contribution is -2.57. The molecule has 1 aromatic rings. The Hall–Kier alpha value is -1.92. The first kappa shape index (κ1) is 16.9. The number of carbonyl (C=O) groups is 2. The van der Waals surface area contributed by atoms with Gasteiger partial charge in [0.15, 0.2) is 0 Å². The average molecular weight is 330 g/mol. The molecule has 2 aliphatic heterocycles. The van der Waals surface area contributed by atoms with Crippen LogP contribution in [0.25, 0.3) is 0 Å². The molecule has 1 aromatic carbocycles. The van der Waals surface area contributed by atoms with Gasteiger partial charge in [0.1, 0.15) is 0 Å². The number of amides is 2. The van der Waals surface area contributed by atoms with Crippen LogP contribution in [0.5, 0.6) is 0 Å². The highest BCUT2D eigenvalue weighted by molar-refractivity contribution is 5.80. The Kier molecular flexibility index (Phi) is 5.48. The zero-order valence-electron chi connectivity index (χ0n) is 14.0. The van der Waals surface area contributed by atoms with E-state index in [1.807, 2.05) is 40.1 Å². The van der Waals surface area contributed by atoms with Gasteiger partial charge in [0.2, 0.25) is 11.8 Å². The van der Waals surface area contributed by atoms with Gasteiger partial charge in [-0.05, 0) is 18.4 Å². The summed E-state index contributed by atoms with van der Waals surface area (Å²) in [4.78, 5) is 28.5. The molecule has 130 valence electrons. The van der Waals surface area contributed by atoms with Gasteiger partial charge in [0.25, 0.3) is 0 Å². The molecular weight excluding hydrogens is 304 g/mol. The van der Waals surface area contributed by atoms with Crippen molar-refractivity contribution in [2.24, 2.45) is 5.73 Å². The van der Waals surface area contributed by atoms with Crippen LogP contribution in [-0.4, -0.2) is 60.4 Å². The van der Waals surface area contributed by atoms with Gasteiger partial charge >= 0.3 is 0 Å². The summed E-state index contributed by atoms with van der Waals surface area (Å²) in [6.45, 7) is 3.36. The topological polar surface area (TPSA) is 78.7 Å². The first-order valence-electron chi connectivity index (χ1n) is 8.73. The van der Waals surface area contributed by atoms with Crippen molar-refractivity contribution in [2.75, 3.05) is 32.7 Å². The van der Waals surface area contributed by atoms with Crippen LogP contribution in [0.3, 0.4) is 0 Å². The number of nitrogens with zero attached hydrogens (tertiary/aromatic N) is 2. The zero-order valence-corrected chi connectivity index (χ0v) is 14.0. The van der Waals surface area contributed by atoms with Gasteiger partial charge in [0.05, 0.1) is 6.54 Å². The molecule has 3 rings (SSSR count). The normalized spacial score (nSPS) is 23.2. The Morgan fingerprint density at radius 1 is 1.29 bits per heavy atom. The first-order valence-corrected chi connectivity index (χ1v) is 8.73. The quantitative estimate of drug-likeness (QED) is 0.843. The van der Waals surface area contributed by atoms with Crippen molar-refractivity contribution in [2.45, 2.75) is 31.3 Å². The summed E-state index contributed by atoms with van der Waals surface area (Å²) in [6, 6.07) is 9.59. The maximum Gasteiger partial charge on any atom is 0.236 e. The molecule has 0 bridgehead atoms. The number of likely N-dealkylation sites (tertiary alicyclic amines) is 1. The molecule has 24 heavy (non-hydrogen) atoms. The molecule has 6 heteroatoms. The number of nitrogens with one attached hydrogen (secondary N) is 1. The third kappa shape index (κ3) is 3.94. The summed E-state index contributed by atoms with van der Waals surface area (Å²) < 4.78 is 0. The van der Waals surface area contributed by atoms with Crippen molar-refractivity contribution in [3.8, 4) is 0 Å². The molecule has 6 nitrogen and oxygen atoms in total. The third-order valence-corrected chi connectivity index (χ3v) is 4.94. The first-order chi connectivity index (χ1) is 11.6. The third-order valence-electron chi connectivity index (χ3n) is 4.94. The number of hydrogen-bond donors (Lipinski definition) is 2. The maximum atomic E-state index is 12.6. The Balaban J connectivity index is 1.57. The summed E-state index contributed by atoms with van der Waals surface area (Å²) in [5, 5.41) is 3.09. The molecule has 2 heterocycles. The van der Waals surface area contributed by atoms with Crippen molar-refractivity contribution in [3.05, 3.63) is 35.9 Å². The van der Waals surface area contributed by atoms with Gasteiger partial charge < -0.3 is 20.9 Å². The van der Waals surface area contributed by atoms with Gasteiger partial charge in [-0.3, -0.25) is 9.59 Å². The van der Waals surface area contributed by atoms with Crippen molar-refractivity contribution in [3.63, 3.8) is 0 Å². The second-order valence-corrected chi connectivity index (χ2v) is 6.62. The minimum absolute atomic E-state index is 0.0821. The molecule has 2 amide bonds. The molecule has 0 saturated carbocycles. The molecule has 0 radical (unpaired) electrons. The van der Waals surface area contributed by atoms with E-state index < -0.39 is 0 Å². The van der Waals surface area contributed by atoms with Crippen molar-refractivity contribution < 1.29 is 9.59 Å². The Morgan fingerprint density at radius 3 is 2.83 bits per heavy atom. The SMILES string of the molecule is NC(CC(=O)N1CCCC(N2CCNCC2=O)C1)c1ccccc1. The molecule has 0 aromatic heterocycles. The minimum atomic E-state index is -0.278. The second-order valence-electron chi connectivity index (χ2n) is 6.62. The van der Waals surface area contributed by atoms with E-state index in [1.54, 1.807) is 0 Å². The Bertz CT molecular complexity index is 578. The number of nitrogens with two attached hydrogens (primary N) is 1. The van der Waals surface area contributed by atoms with Gasteiger partial charge in [0, 0.05) is 44.7 Å². The summed E-state index contributed by atoms with van der Waals surface area (Å²) in [5.74, 6) is 0.222. The number of benzene rings is 1. The lowest BCUT2D eigenvalue weighted by molar-refractivity contribution is -0.140. The van der Waals surface area contributed by atoms with Crippen molar-refractivity contribution >= 4 is 11.8 Å². The van der Waals surface area contributed by atoms with Crippen LogP contribution in [0.15, 0.2) is 30.3 Å². The van der Waals surface area contributed by atoms with Crippen LogP contribution >= 0.6 is 0 Å². The zero-order chi connectivity index (χ0) is 16.9. The van der Waals surface area contributed by atoms with Gasteiger partial charge in [-0.2, -0.15) is 0 Å². The van der Waals surface area contributed by atoms with Crippen LogP contribution in [-0.2, 0) is 9.59 Å². The van der Waals surface area contributed by atoms with Gasteiger partial charge in [-0.15, -0.1) is 0 Å². The highest BCUT2D eigenvalue weighted by Gasteiger charge is 2.31. The summed E-state index contributed by atoms with van der Waals surface area (Å²) in [6.07, 6.45) is 2.22. The van der Waals surface area contributed by atoms with Crippen molar-refractivity contribution in [1.82, 2.24) is 15.1 Å². The molecule has 2 saturated heterocycles. The molecule has 3 N–H and O–H groups in total. The van der Waals surface area contributed by atoms with E-state index in [0.29, 0.717) is 19.5 Å². The van der Waals surface area contributed by atoms with Gasteiger partial charge in [-0.25, -0.2) is 0 Å². The highest BCUT2D eigenvalue weighted by atomic mass is 16.2. The van der Waals surface area contributed by atoms with E-state index in [4.69, 9.17) is 5.73 Å². The number of piperidine rings is 1. The molecule has 0 aliphatic carbocycles. The molecule has 0 spiro atoms. The van der Waals surface area contributed by atoms with E-state index in [9.17, 15) is 9.59 Å². The number of carbonyl (C=O) groups excluding carboxylic acids is 2. The fourth-order valence-corrected chi connectivity index (χ4v) is 3.58. The Labute approximate surface area is 143 Å². The number of piperazine rings is 1. The largest absolute Gasteiger partial charge is 0.341 e. The minimum Gasteiger partial charge on any atom is -0.341 e. The fourth-order valence-electron chi connectivity index (χ4n) is 3.58. The average Bonchev–Trinajstić information content (AvgIpc) is 2.63. The Morgan fingerprint density at radius 2 is 2.08 bits per heavy atom. The summed E-state index contributed by atoms with van der Waals surface area (Å²) in [7, 11) is 0. The van der Waals surface area contributed by atoms with Crippen LogP contribution in [0, 0.1) is 0 Å². The molecular formula is C18H26N4O2. The van der Waals surface area contributed by atoms with E-state index in [0.717, 1.165) is 38.0 Å². The molecule has 2 aliphatic rings. The molecule has 2 fully saturated rings. The number of rotatable bonds is 4. The molecule has 2 unspecified atom stereocenters. The maximum absolute atomic E-state index is 12.6. The van der Waals surface area contributed by atoms with Crippen LogP contribution in [0.4, 0.5) is 0 Å². The summed E-state index contributed by atoms with van der Waals surface area (Å²) in [5.41, 5.74) is 7.16. The van der Waals surface area contributed by atoms with E-state index in [1.165, 1.54) is 0 Å². The highest BCUT2D eigenvalue weighted by Crippen LogP contribution is 2.20. The number of hydrogen-bond acceptors (Lipinski definition) is 4. The standard InChI is InChI=1S/C18H26N4O2/c19-16(14-5-2-1-3-6-14)11-17(23)21-9-4-7-15(13-21)22-10-8-20-12-18(22)24/h1-3,5-6,15-16,20H,4,7-13,19H2. The monoisotopic (exact) mass is 330 g/mol. The van der Waals surface area contributed by atoms with E-state index >= 15 is 0 Å². The van der Waals surface area contributed by atoms with Gasteiger partial charge in [-0.1, -0.05) is 30.3 Å². The lowest BCUT2D eigenvalue weighted by atomic mass is 10.0. The van der Waals surface area contributed by atoms with E-state index in [2.05, 4.69) is 5.32 Å². The van der Waals surface area contributed by atoms with Crippen LogP contribution in [0.1, 0.15) is 30.9 Å².